The van der Waals surface area contributed by atoms with Crippen molar-refractivity contribution in [2.24, 2.45) is 17.8 Å². The lowest BCUT2D eigenvalue weighted by molar-refractivity contribution is -0.146. The van der Waals surface area contributed by atoms with E-state index in [1.807, 2.05) is 0 Å². The van der Waals surface area contributed by atoms with Crippen LogP contribution < -0.4 is 14.2 Å². The number of carbonyl (C=O) groups excluding carboxylic acids is 3. The summed E-state index contributed by atoms with van der Waals surface area (Å²) in [4.78, 5) is 57.2. The van der Waals surface area contributed by atoms with Gasteiger partial charge in [-0.3, -0.25) is 14.4 Å². The Morgan fingerprint density at radius 3 is 1.10 bits per heavy atom. The fraction of sp³-hybridized carbons (Fsp3) is 0.561. The molecule has 3 amide bonds. The molecule has 8 aliphatic rings. The maximum absolute atomic E-state index is 13.7. The first-order valence-corrected chi connectivity index (χ1v) is 37.8. The van der Waals surface area contributed by atoms with Crippen molar-refractivity contribution in [3.63, 3.8) is 0 Å². The number of likely N-dealkylation sites (tertiary alicyclic amines) is 3. The molecule has 3 aliphatic heterocycles. The minimum absolute atomic E-state index is 0.0377. The Kier molecular flexibility index (Phi) is 17.8. The summed E-state index contributed by atoms with van der Waals surface area (Å²) in [6.45, 7) is 7.48. The lowest BCUT2D eigenvalue weighted by Gasteiger charge is -2.25. The summed E-state index contributed by atoms with van der Waals surface area (Å²) in [7, 11) is -11.0. The van der Waals surface area contributed by atoms with E-state index in [9.17, 15) is 79.2 Å². The first-order valence-electron chi connectivity index (χ1n) is 32.2. The second kappa shape index (κ2) is 24.8. The average Bonchev–Trinajstić information content (AvgIpc) is 1.55. The smallest absolute Gasteiger partial charge is 0.455 e. The van der Waals surface area contributed by atoms with Gasteiger partial charge < -0.3 is 42.3 Å². The second-order valence-electron chi connectivity index (χ2n) is 28.3. The molecular formula is C66H72F9N7O15S3. The van der Waals surface area contributed by atoms with Crippen LogP contribution in [0.2, 0.25) is 0 Å². The number of rotatable bonds is 20. The van der Waals surface area contributed by atoms with Crippen molar-refractivity contribution in [3.05, 3.63) is 119 Å². The lowest BCUT2D eigenvalue weighted by atomic mass is 10.0. The highest BCUT2D eigenvalue weighted by atomic mass is 32.2. The third-order valence-electron chi connectivity index (χ3n) is 20.2. The number of benzene rings is 3. The molecule has 5 saturated carbocycles. The zero-order chi connectivity index (χ0) is 72.8. The second-order valence-corrected chi connectivity index (χ2v) is 34.3. The van der Waals surface area contributed by atoms with Crippen LogP contribution in [0.1, 0.15) is 164 Å². The van der Waals surface area contributed by atoms with E-state index in [4.69, 9.17) is 27.6 Å². The molecule has 14 rings (SSSR count). The van der Waals surface area contributed by atoms with Crippen molar-refractivity contribution in [3.8, 4) is 17.2 Å². The number of hydrogen-bond acceptors (Lipinski definition) is 19. The molecular weight excluding hydrogens is 1400 g/mol. The normalized spacial score (nSPS) is 24.9. The van der Waals surface area contributed by atoms with Gasteiger partial charge in [-0.2, -0.15) is 18.2 Å². The first kappa shape index (κ1) is 72.1. The zero-order valence-electron chi connectivity index (χ0n) is 55.5. The molecule has 542 valence electrons. The van der Waals surface area contributed by atoms with Crippen molar-refractivity contribution >= 4 is 47.2 Å². The molecule has 6 aromatic rings. The number of fused-ring (bicyclic) bond motifs is 3. The van der Waals surface area contributed by atoms with Crippen LogP contribution in [0.3, 0.4) is 0 Å². The van der Waals surface area contributed by atoms with E-state index in [0.717, 1.165) is 119 Å². The van der Waals surface area contributed by atoms with E-state index in [1.54, 1.807) is 22.3 Å². The minimum atomic E-state index is -4.78. The lowest BCUT2D eigenvalue weighted by Crippen LogP contribution is -2.35. The number of sulfone groups is 3. The monoisotopic (exact) mass is 1470 g/mol. The third-order valence-corrected chi connectivity index (χ3v) is 23.5. The molecule has 3 saturated heterocycles. The molecule has 0 radical (unpaired) electrons. The summed E-state index contributed by atoms with van der Waals surface area (Å²) >= 11 is 0. The molecule has 8 fully saturated rings. The Labute approximate surface area is 569 Å². The van der Waals surface area contributed by atoms with Crippen LogP contribution in [-0.2, 0) is 51.9 Å². The van der Waals surface area contributed by atoms with Crippen molar-refractivity contribution in [2.45, 2.75) is 172 Å². The Balaban J connectivity index is 0.000000142. The molecule has 0 N–H and O–H groups in total. The highest BCUT2D eigenvalue weighted by Crippen LogP contribution is 2.62. The van der Waals surface area contributed by atoms with Crippen molar-refractivity contribution in [1.82, 2.24) is 34.8 Å². The summed E-state index contributed by atoms with van der Waals surface area (Å²) in [6, 6.07) is 10.8. The standard InChI is InChI=1S/2C23H26F2N2O5S.C20H20F5N3O5S/c2*1-13(22(2,24)25)32-18-7-6-16(33(3,29)30)8-17(18)21(28)27-10-15-9-23(15,12-27)19-11-31-20(26-19)14-4-5-14;1-10(18(2,21)22)32-14-5-4-12(34(3,30)31)6-13(14)15(29)28-8-11-7-19(11,9-28)17-26-16(27-33-17)20(23,24)25/h2*6-8,11,13-15H,4-5,9-10,12H2,1-3H3;4-6,10-11H,7-9H2,1-3H3/t2*13-,15?,23?;10-,11?,19?/m100/s1. The van der Waals surface area contributed by atoms with Gasteiger partial charge in [-0.15, -0.1) is 0 Å². The van der Waals surface area contributed by atoms with Gasteiger partial charge in [0, 0.05) is 101 Å². The summed E-state index contributed by atoms with van der Waals surface area (Å²) in [5, 5.41) is 2.97. The van der Waals surface area contributed by atoms with Gasteiger partial charge in [0.2, 0.25) is 5.89 Å². The van der Waals surface area contributed by atoms with Crippen LogP contribution >= 0.6 is 0 Å². The number of amides is 3. The Hall–Kier alpha value is -7.75. The maximum atomic E-state index is 13.7. The summed E-state index contributed by atoms with van der Waals surface area (Å²) in [5.41, 5.74) is -0.0799. The topological polar surface area (TPSA) is 282 Å². The zero-order valence-corrected chi connectivity index (χ0v) is 58.0. The van der Waals surface area contributed by atoms with Gasteiger partial charge >= 0.3 is 6.18 Å². The minimum Gasteiger partial charge on any atom is -0.484 e. The fourth-order valence-electron chi connectivity index (χ4n) is 13.1. The largest absolute Gasteiger partial charge is 0.484 e. The number of ether oxygens (including phenoxy) is 3. The van der Waals surface area contributed by atoms with E-state index in [2.05, 4.69) is 20.1 Å². The maximum Gasteiger partial charge on any atom is 0.455 e. The van der Waals surface area contributed by atoms with Crippen molar-refractivity contribution < 1.29 is 107 Å². The molecule has 3 aromatic heterocycles. The quantitative estimate of drug-likeness (QED) is 0.0642. The van der Waals surface area contributed by atoms with Crippen LogP contribution in [0.25, 0.3) is 0 Å². The predicted molar refractivity (Wildman–Crippen MR) is 334 cm³/mol. The Morgan fingerprint density at radius 2 is 0.810 bits per heavy atom. The van der Waals surface area contributed by atoms with Gasteiger partial charge in [-0.05, 0) is 138 Å². The molecule has 100 heavy (non-hydrogen) atoms. The third kappa shape index (κ3) is 14.6. The van der Waals surface area contributed by atoms with E-state index < -0.39 is 101 Å². The van der Waals surface area contributed by atoms with Crippen molar-refractivity contribution in [2.75, 3.05) is 58.0 Å². The van der Waals surface area contributed by atoms with Crippen LogP contribution in [-0.4, -0.2) is 172 Å². The number of nitrogens with zero attached hydrogens (tertiary/aromatic N) is 7. The Morgan fingerprint density at radius 1 is 0.500 bits per heavy atom. The molecule has 9 atom stereocenters. The number of piperidine rings is 3. The highest BCUT2D eigenvalue weighted by Gasteiger charge is 2.67. The van der Waals surface area contributed by atoms with E-state index in [-0.39, 0.29) is 96.2 Å². The summed E-state index contributed by atoms with van der Waals surface area (Å²) in [6.07, 6.45) is 3.50. The number of oxazole rings is 2. The molecule has 6 heterocycles. The number of carbonyl (C=O) groups is 3. The van der Waals surface area contributed by atoms with Gasteiger partial charge in [-0.25, -0.2) is 61.6 Å². The van der Waals surface area contributed by atoms with Crippen LogP contribution in [0, 0.1) is 17.8 Å². The van der Waals surface area contributed by atoms with Gasteiger partial charge in [0.05, 0.1) is 48.2 Å². The van der Waals surface area contributed by atoms with E-state index >= 15 is 0 Å². The van der Waals surface area contributed by atoms with Gasteiger partial charge in [-0.1, -0.05) is 5.16 Å². The molecule has 3 aromatic carbocycles. The number of halogens is 9. The first-order chi connectivity index (χ1) is 46.3. The molecule has 6 unspecified atom stereocenters. The number of alkyl halides is 9. The summed E-state index contributed by atoms with van der Waals surface area (Å²) < 4.78 is 225. The van der Waals surface area contributed by atoms with Crippen LogP contribution in [0.5, 0.6) is 17.2 Å². The number of hydrogen-bond donors (Lipinski definition) is 0. The SMILES string of the molecule is C[C@@H](Oc1ccc(S(C)(=O)=O)cc1C(=O)N1CC2CC2(c2coc(C3CC3)n2)C1)C(C)(F)F.C[C@H](Oc1ccc(S(C)(=O)=O)cc1C(=O)N1CC2CC2(c2coc(C3CC3)n2)C1)C(C)(F)F.C[C@H](Oc1ccc(S(C)(=O)=O)cc1C(=O)N1CC2CC2(c2nc(C(F)(F)F)no2)C1)C(C)(F)F. The van der Waals surface area contributed by atoms with E-state index in [0.29, 0.717) is 51.4 Å². The predicted octanol–water partition coefficient (Wildman–Crippen LogP) is 10.9. The Bertz CT molecular complexity index is 4390. The molecule has 5 aliphatic carbocycles. The van der Waals surface area contributed by atoms with Crippen LogP contribution in [0.15, 0.2) is 95.2 Å². The van der Waals surface area contributed by atoms with Gasteiger partial charge in [0.15, 0.2) is 59.6 Å². The fourth-order valence-corrected chi connectivity index (χ4v) is 15.0. The molecule has 0 spiro atoms. The van der Waals surface area contributed by atoms with Gasteiger partial charge in [0.25, 0.3) is 41.3 Å². The summed E-state index contributed by atoms with van der Waals surface area (Å²) in [5.74, 6) is -10.6. The van der Waals surface area contributed by atoms with E-state index in [1.165, 1.54) is 55.1 Å². The highest BCUT2D eigenvalue weighted by molar-refractivity contribution is 7.91. The molecule has 0 bridgehead atoms. The molecule has 34 heteroatoms. The number of aromatic nitrogens is 4. The van der Waals surface area contributed by atoms with Gasteiger partial charge in [0.1, 0.15) is 29.8 Å². The molecule has 22 nitrogen and oxygen atoms in total. The van der Waals surface area contributed by atoms with Crippen LogP contribution in [0.4, 0.5) is 39.5 Å². The average molecular weight is 1470 g/mol. The van der Waals surface area contributed by atoms with Crippen molar-refractivity contribution in [1.29, 1.82) is 0 Å².